The molecule has 23 heavy (non-hydrogen) atoms. The Labute approximate surface area is 135 Å². The Morgan fingerprint density at radius 3 is 2.65 bits per heavy atom. The molecule has 0 heterocycles. The highest BCUT2D eigenvalue weighted by Crippen LogP contribution is 2.61. The molecule has 0 aliphatic heterocycles. The van der Waals surface area contributed by atoms with E-state index < -0.39 is 12.5 Å². The summed E-state index contributed by atoms with van der Waals surface area (Å²) in [5, 5.41) is 0. The summed E-state index contributed by atoms with van der Waals surface area (Å²) in [6.45, 7) is 2.04. The highest BCUT2D eigenvalue weighted by Gasteiger charge is 2.57. The van der Waals surface area contributed by atoms with E-state index >= 15 is 0 Å². The number of fused-ring (bicyclic) bond motifs is 5. The summed E-state index contributed by atoms with van der Waals surface area (Å²) in [5.74, 6) is 1.41. The Morgan fingerprint density at radius 2 is 1.87 bits per heavy atom. The lowest BCUT2D eigenvalue weighted by molar-refractivity contribution is -0.354. The van der Waals surface area contributed by atoms with Crippen molar-refractivity contribution in [3.05, 3.63) is 35.4 Å². The van der Waals surface area contributed by atoms with Crippen molar-refractivity contribution < 1.29 is 17.9 Å². The van der Waals surface area contributed by atoms with Crippen LogP contribution in [0.15, 0.2) is 24.3 Å². The normalized spacial score (nSPS) is 39.5. The van der Waals surface area contributed by atoms with Crippen molar-refractivity contribution >= 4 is 0 Å². The van der Waals surface area contributed by atoms with E-state index in [1.54, 1.807) is 0 Å². The van der Waals surface area contributed by atoms with E-state index in [1.807, 2.05) is 6.92 Å². The highest BCUT2D eigenvalue weighted by molar-refractivity contribution is 5.34. The van der Waals surface area contributed by atoms with Gasteiger partial charge in [-0.25, -0.2) is 0 Å². The largest absolute Gasteiger partial charge is 0.522 e. The molecular formula is C19H23F3O. The zero-order valence-electron chi connectivity index (χ0n) is 13.4. The summed E-state index contributed by atoms with van der Waals surface area (Å²) >= 11 is 0. The monoisotopic (exact) mass is 324 g/mol. The molecule has 1 nitrogen and oxygen atoms in total. The third-order valence-corrected chi connectivity index (χ3v) is 6.83. The van der Waals surface area contributed by atoms with Crippen molar-refractivity contribution in [2.24, 2.45) is 17.3 Å². The van der Waals surface area contributed by atoms with Crippen LogP contribution in [0.2, 0.25) is 0 Å². The topological polar surface area (TPSA) is 9.23 Å². The van der Waals surface area contributed by atoms with Gasteiger partial charge in [-0.05, 0) is 72.8 Å². The molecule has 3 aliphatic rings. The van der Waals surface area contributed by atoms with Gasteiger partial charge in [-0.2, -0.15) is 0 Å². The Hall–Kier alpha value is -1.03. The van der Waals surface area contributed by atoms with Crippen LogP contribution in [-0.4, -0.2) is 12.5 Å². The summed E-state index contributed by atoms with van der Waals surface area (Å²) in [7, 11) is 0. The van der Waals surface area contributed by atoms with E-state index in [9.17, 15) is 13.2 Å². The van der Waals surface area contributed by atoms with Crippen molar-refractivity contribution in [3.63, 3.8) is 0 Å². The molecule has 126 valence electrons. The lowest BCUT2D eigenvalue weighted by atomic mass is 9.55. The molecule has 0 amide bonds. The van der Waals surface area contributed by atoms with Gasteiger partial charge in [-0.3, -0.25) is 4.74 Å². The molecule has 5 unspecified atom stereocenters. The molecule has 0 radical (unpaired) electrons. The van der Waals surface area contributed by atoms with E-state index in [2.05, 4.69) is 29.0 Å². The van der Waals surface area contributed by atoms with Crippen LogP contribution in [0.4, 0.5) is 13.2 Å². The van der Waals surface area contributed by atoms with Gasteiger partial charge in [0.25, 0.3) is 0 Å². The number of halogens is 3. The van der Waals surface area contributed by atoms with Crippen molar-refractivity contribution in [1.29, 1.82) is 0 Å². The van der Waals surface area contributed by atoms with E-state index in [4.69, 9.17) is 0 Å². The maximum atomic E-state index is 12.7. The predicted molar refractivity (Wildman–Crippen MR) is 82.0 cm³/mol. The fourth-order valence-electron chi connectivity index (χ4n) is 5.83. The van der Waals surface area contributed by atoms with E-state index in [-0.39, 0.29) is 5.41 Å². The average Bonchev–Trinajstić information content (AvgIpc) is 2.82. The van der Waals surface area contributed by atoms with E-state index in [0.717, 1.165) is 32.1 Å². The third-order valence-electron chi connectivity index (χ3n) is 6.83. The second-order valence-corrected chi connectivity index (χ2v) is 7.79. The summed E-state index contributed by atoms with van der Waals surface area (Å²) in [6.07, 6.45) is 0.256. The van der Waals surface area contributed by atoms with E-state index in [0.29, 0.717) is 24.2 Å². The first-order chi connectivity index (χ1) is 10.9. The number of rotatable bonds is 1. The highest BCUT2D eigenvalue weighted by atomic mass is 19.4. The Bertz CT molecular complexity index is 597. The van der Waals surface area contributed by atoms with Crippen LogP contribution in [0.1, 0.15) is 56.1 Å². The quantitative estimate of drug-likeness (QED) is 0.667. The van der Waals surface area contributed by atoms with E-state index in [1.165, 1.54) is 11.1 Å². The molecule has 1 aromatic rings. The van der Waals surface area contributed by atoms with Gasteiger partial charge < -0.3 is 0 Å². The predicted octanol–water partition coefficient (Wildman–Crippen LogP) is 5.45. The first kappa shape index (κ1) is 15.5. The first-order valence-corrected chi connectivity index (χ1v) is 8.71. The van der Waals surface area contributed by atoms with Crippen molar-refractivity contribution in [2.45, 2.75) is 63.8 Å². The molecule has 5 atom stereocenters. The molecule has 0 aromatic heterocycles. The van der Waals surface area contributed by atoms with Crippen LogP contribution in [-0.2, 0) is 11.2 Å². The van der Waals surface area contributed by atoms with Crippen molar-refractivity contribution in [2.75, 3.05) is 0 Å². The lowest BCUT2D eigenvalue weighted by Crippen LogP contribution is -2.45. The fourth-order valence-corrected chi connectivity index (χ4v) is 5.83. The van der Waals surface area contributed by atoms with Crippen LogP contribution in [0.25, 0.3) is 0 Å². The van der Waals surface area contributed by atoms with Gasteiger partial charge in [0.2, 0.25) is 0 Å². The first-order valence-electron chi connectivity index (χ1n) is 8.71. The van der Waals surface area contributed by atoms with Gasteiger partial charge in [-0.1, -0.05) is 31.2 Å². The number of alkyl halides is 3. The number of hydrogen-bond acceptors (Lipinski definition) is 1. The zero-order valence-corrected chi connectivity index (χ0v) is 13.4. The Balaban J connectivity index is 1.61. The Kier molecular flexibility index (Phi) is 3.53. The molecule has 3 aliphatic carbocycles. The number of benzene rings is 1. The molecule has 2 fully saturated rings. The zero-order chi connectivity index (χ0) is 16.2. The number of hydrogen-bond donors (Lipinski definition) is 0. The van der Waals surface area contributed by atoms with Gasteiger partial charge in [-0.15, -0.1) is 13.2 Å². The molecule has 1 aromatic carbocycles. The maximum absolute atomic E-state index is 12.7. The summed E-state index contributed by atoms with van der Waals surface area (Å²) in [4.78, 5) is 0. The molecule has 2 saturated carbocycles. The van der Waals surface area contributed by atoms with Gasteiger partial charge in [0.1, 0.15) is 0 Å². The average molecular weight is 324 g/mol. The summed E-state index contributed by atoms with van der Waals surface area (Å²) in [5.41, 5.74) is 2.58. The maximum Gasteiger partial charge on any atom is 0.522 e. The minimum Gasteiger partial charge on any atom is -0.288 e. The smallest absolute Gasteiger partial charge is 0.288 e. The van der Waals surface area contributed by atoms with Gasteiger partial charge in [0.15, 0.2) is 0 Å². The minimum atomic E-state index is -4.52. The molecule has 0 N–H and O–H groups in total. The number of ether oxygens (including phenoxy) is 1. The van der Waals surface area contributed by atoms with Crippen LogP contribution in [0.5, 0.6) is 0 Å². The number of aryl methyl sites for hydroxylation is 1. The second-order valence-electron chi connectivity index (χ2n) is 7.79. The second kappa shape index (κ2) is 5.23. The standard InChI is InChI=1S/C19H23F3O/c1-18-11-10-14-13-5-3-2-4-12(13)6-7-15(14)16(18)8-9-17(18)23-19(20,21)22/h2-5,14-17H,6-11H2,1H3. The van der Waals surface area contributed by atoms with Gasteiger partial charge >= 0.3 is 6.36 Å². The Morgan fingerprint density at radius 1 is 1.09 bits per heavy atom. The summed E-state index contributed by atoms with van der Waals surface area (Å²) < 4.78 is 42.8. The van der Waals surface area contributed by atoms with Gasteiger partial charge in [0, 0.05) is 0 Å². The van der Waals surface area contributed by atoms with Crippen LogP contribution >= 0.6 is 0 Å². The van der Waals surface area contributed by atoms with Crippen molar-refractivity contribution in [3.8, 4) is 0 Å². The molecule has 0 spiro atoms. The van der Waals surface area contributed by atoms with Crippen LogP contribution < -0.4 is 0 Å². The molecule has 0 saturated heterocycles. The molecule has 4 heteroatoms. The lowest BCUT2D eigenvalue weighted by Gasteiger charge is -2.50. The molecule has 0 bridgehead atoms. The minimum absolute atomic E-state index is 0.316. The molecular weight excluding hydrogens is 301 g/mol. The molecule has 4 rings (SSSR count). The van der Waals surface area contributed by atoms with Crippen molar-refractivity contribution in [1.82, 2.24) is 0 Å². The fraction of sp³-hybridized carbons (Fsp3) is 0.684. The summed E-state index contributed by atoms with van der Waals surface area (Å²) in [6, 6.07) is 8.63. The van der Waals surface area contributed by atoms with Crippen LogP contribution in [0.3, 0.4) is 0 Å². The third kappa shape index (κ3) is 2.50. The van der Waals surface area contributed by atoms with Crippen LogP contribution in [0, 0.1) is 17.3 Å². The van der Waals surface area contributed by atoms with Gasteiger partial charge in [0.05, 0.1) is 6.10 Å². The SMILES string of the molecule is CC12CCC3c4ccccc4CCC3C1CCC2OC(F)(F)F.